The summed E-state index contributed by atoms with van der Waals surface area (Å²) in [6.45, 7) is 2.28. The molecule has 1 aliphatic carbocycles. The highest BCUT2D eigenvalue weighted by Crippen LogP contribution is 2.23. The van der Waals surface area contributed by atoms with Crippen LogP contribution in [0.3, 0.4) is 0 Å². The largest absolute Gasteiger partial charge is 0.351 e. The molecule has 0 radical (unpaired) electrons. The number of hydrogen-bond acceptors (Lipinski definition) is 1. The molecule has 2 atom stereocenters. The fraction of sp³-hybridized carbons (Fsp3) is 0.545. The lowest BCUT2D eigenvalue weighted by molar-refractivity contribution is 0.472. The van der Waals surface area contributed by atoms with Gasteiger partial charge in [-0.15, -0.1) is 0 Å². The van der Waals surface area contributed by atoms with Gasteiger partial charge in [0.1, 0.15) is 0 Å². The number of hydrogen-bond donors (Lipinski definition) is 1. The molecule has 0 amide bonds. The molecule has 2 rings (SSSR count). The molecule has 1 aromatic heterocycles. The second kappa shape index (κ2) is 3.77. The van der Waals surface area contributed by atoms with E-state index in [0.29, 0.717) is 5.92 Å². The average molecular weight is 176 g/mol. The predicted molar refractivity (Wildman–Crippen MR) is 53.3 cm³/mol. The van der Waals surface area contributed by atoms with E-state index in [-0.39, 0.29) is 0 Å². The van der Waals surface area contributed by atoms with Crippen molar-refractivity contribution in [1.82, 2.24) is 9.97 Å². The maximum absolute atomic E-state index is 4.24. The van der Waals surface area contributed by atoms with Crippen LogP contribution in [-0.2, 0) is 6.42 Å². The normalized spacial score (nSPS) is 27.8. The van der Waals surface area contributed by atoms with Crippen LogP contribution in [0, 0.1) is 11.8 Å². The molecule has 70 valence electrons. The Labute approximate surface area is 79.1 Å². The standard InChI is InChI=1S/C11H16N2/c1-9-2-4-10(5-3-9)6-11-7-12-8-13-11/h2,4,7-10H,3,5-6H2,1H3,(H,12,13). The summed E-state index contributed by atoms with van der Waals surface area (Å²) < 4.78 is 0. The quantitative estimate of drug-likeness (QED) is 0.689. The molecule has 0 aromatic carbocycles. The summed E-state index contributed by atoms with van der Waals surface area (Å²) in [5.41, 5.74) is 1.18. The summed E-state index contributed by atoms with van der Waals surface area (Å²) in [5, 5.41) is 0. The van der Waals surface area contributed by atoms with Crippen molar-refractivity contribution >= 4 is 0 Å². The highest BCUT2D eigenvalue weighted by Gasteiger charge is 2.13. The Morgan fingerprint density at radius 2 is 2.38 bits per heavy atom. The maximum Gasteiger partial charge on any atom is 0.0923 e. The number of imidazole rings is 1. The van der Waals surface area contributed by atoms with Gasteiger partial charge in [0.15, 0.2) is 0 Å². The van der Waals surface area contributed by atoms with E-state index in [0.717, 1.165) is 12.3 Å². The van der Waals surface area contributed by atoms with Crippen molar-refractivity contribution in [3.05, 3.63) is 30.4 Å². The topological polar surface area (TPSA) is 28.7 Å². The number of aromatic nitrogens is 2. The first kappa shape index (κ1) is 8.54. The molecular weight excluding hydrogens is 160 g/mol. The molecule has 0 spiro atoms. The van der Waals surface area contributed by atoms with Crippen molar-refractivity contribution in [1.29, 1.82) is 0 Å². The average Bonchev–Trinajstić information content (AvgIpc) is 2.62. The Morgan fingerprint density at radius 1 is 1.46 bits per heavy atom. The van der Waals surface area contributed by atoms with Gasteiger partial charge in [-0.1, -0.05) is 19.1 Å². The van der Waals surface area contributed by atoms with Gasteiger partial charge in [-0.3, -0.25) is 0 Å². The Morgan fingerprint density at radius 3 is 3.00 bits per heavy atom. The summed E-state index contributed by atoms with van der Waals surface area (Å²) in [6.07, 6.45) is 12.2. The van der Waals surface area contributed by atoms with Crippen molar-refractivity contribution in [2.24, 2.45) is 11.8 Å². The van der Waals surface area contributed by atoms with Crippen molar-refractivity contribution < 1.29 is 0 Å². The molecule has 0 aliphatic heterocycles. The summed E-state index contributed by atoms with van der Waals surface area (Å²) >= 11 is 0. The van der Waals surface area contributed by atoms with Crippen molar-refractivity contribution in [2.45, 2.75) is 26.2 Å². The molecule has 2 unspecified atom stereocenters. The molecular formula is C11H16N2. The zero-order valence-corrected chi connectivity index (χ0v) is 8.03. The highest BCUT2D eigenvalue weighted by atomic mass is 14.9. The van der Waals surface area contributed by atoms with Gasteiger partial charge in [0.05, 0.1) is 12.0 Å². The van der Waals surface area contributed by atoms with Gasteiger partial charge in [0, 0.05) is 6.20 Å². The SMILES string of the molecule is CC1C=CC(Cc2c[nH]cn2)CC1. The molecule has 2 nitrogen and oxygen atoms in total. The first-order valence-corrected chi connectivity index (χ1v) is 5.00. The molecule has 0 saturated heterocycles. The number of aromatic amines is 1. The number of rotatable bonds is 2. The maximum atomic E-state index is 4.24. The lowest BCUT2D eigenvalue weighted by Gasteiger charge is -2.19. The van der Waals surface area contributed by atoms with Crippen LogP contribution in [0.25, 0.3) is 0 Å². The first-order chi connectivity index (χ1) is 6.34. The van der Waals surface area contributed by atoms with Gasteiger partial charge < -0.3 is 4.98 Å². The van der Waals surface area contributed by atoms with Crippen LogP contribution in [0.5, 0.6) is 0 Å². The molecule has 1 aromatic rings. The molecule has 1 N–H and O–H groups in total. The van der Waals surface area contributed by atoms with E-state index in [1.807, 2.05) is 6.20 Å². The molecule has 0 bridgehead atoms. The van der Waals surface area contributed by atoms with Crippen LogP contribution >= 0.6 is 0 Å². The Bertz CT molecular complexity index is 274. The van der Waals surface area contributed by atoms with Gasteiger partial charge in [0.2, 0.25) is 0 Å². The summed E-state index contributed by atoms with van der Waals surface area (Å²) in [6, 6.07) is 0. The van der Waals surface area contributed by atoms with E-state index in [1.54, 1.807) is 6.33 Å². The van der Waals surface area contributed by atoms with Crippen molar-refractivity contribution in [3.63, 3.8) is 0 Å². The third-order valence-corrected chi connectivity index (χ3v) is 2.73. The Balaban J connectivity index is 1.93. The van der Waals surface area contributed by atoms with Gasteiger partial charge in [0.25, 0.3) is 0 Å². The van der Waals surface area contributed by atoms with E-state index in [9.17, 15) is 0 Å². The minimum Gasteiger partial charge on any atom is -0.351 e. The molecule has 0 saturated carbocycles. The van der Waals surface area contributed by atoms with E-state index < -0.39 is 0 Å². The van der Waals surface area contributed by atoms with E-state index in [4.69, 9.17) is 0 Å². The van der Waals surface area contributed by atoms with Crippen molar-refractivity contribution in [3.8, 4) is 0 Å². The zero-order chi connectivity index (χ0) is 9.10. The molecule has 13 heavy (non-hydrogen) atoms. The van der Waals surface area contributed by atoms with Crippen LogP contribution < -0.4 is 0 Å². The Hall–Kier alpha value is -1.05. The molecule has 0 fully saturated rings. The molecule has 2 heteroatoms. The minimum absolute atomic E-state index is 0.708. The number of H-pyrrole nitrogens is 1. The van der Waals surface area contributed by atoms with Crippen LogP contribution in [0.15, 0.2) is 24.7 Å². The monoisotopic (exact) mass is 176 g/mol. The van der Waals surface area contributed by atoms with Gasteiger partial charge in [-0.05, 0) is 31.1 Å². The van der Waals surface area contributed by atoms with E-state index in [1.165, 1.54) is 18.5 Å². The lowest BCUT2D eigenvalue weighted by Crippen LogP contribution is -2.08. The third-order valence-electron chi connectivity index (χ3n) is 2.73. The van der Waals surface area contributed by atoms with Gasteiger partial charge in [-0.25, -0.2) is 4.98 Å². The summed E-state index contributed by atoms with van der Waals surface area (Å²) in [7, 11) is 0. The van der Waals surface area contributed by atoms with Crippen LogP contribution in [-0.4, -0.2) is 9.97 Å². The van der Waals surface area contributed by atoms with Crippen molar-refractivity contribution in [2.75, 3.05) is 0 Å². The fourth-order valence-corrected chi connectivity index (χ4v) is 1.86. The number of nitrogens with zero attached hydrogens (tertiary/aromatic N) is 1. The molecule has 1 heterocycles. The van der Waals surface area contributed by atoms with Gasteiger partial charge >= 0.3 is 0 Å². The molecule has 1 aliphatic rings. The number of nitrogens with one attached hydrogen (secondary N) is 1. The van der Waals surface area contributed by atoms with Crippen LogP contribution in [0.2, 0.25) is 0 Å². The second-order valence-corrected chi connectivity index (χ2v) is 3.96. The van der Waals surface area contributed by atoms with E-state index in [2.05, 4.69) is 29.0 Å². The zero-order valence-electron chi connectivity index (χ0n) is 8.03. The van der Waals surface area contributed by atoms with Crippen LogP contribution in [0.4, 0.5) is 0 Å². The predicted octanol–water partition coefficient (Wildman–Crippen LogP) is 2.55. The third kappa shape index (κ3) is 2.20. The summed E-state index contributed by atoms with van der Waals surface area (Å²) in [5.74, 6) is 1.48. The fourth-order valence-electron chi connectivity index (χ4n) is 1.86. The van der Waals surface area contributed by atoms with Crippen LogP contribution in [0.1, 0.15) is 25.5 Å². The Kier molecular flexibility index (Phi) is 2.48. The highest BCUT2D eigenvalue weighted by molar-refractivity contribution is 5.03. The van der Waals surface area contributed by atoms with E-state index >= 15 is 0 Å². The lowest BCUT2D eigenvalue weighted by atomic mass is 9.87. The smallest absolute Gasteiger partial charge is 0.0923 e. The first-order valence-electron chi connectivity index (χ1n) is 5.00. The minimum atomic E-state index is 0.708. The second-order valence-electron chi connectivity index (χ2n) is 3.96. The summed E-state index contributed by atoms with van der Waals surface area (Å²) in [4.78, 5) is 7.23. The van der Waals surface area contributed by atoms with Gasteiger partial charge in [-0.2, -0.15) is 0 Å². The number of allylic oxidation sites excluding steroid dienone is 2.